The molecule has 1 aliphatic heterocycles. The highest BCUT2D eigenvalue weighted by atomic mass is 19.1. The number of nitrogens with zero attached hydrogens (tertiary/aromatic N) is 1. The average Bonchev–Trinajstić information content (AvgIpc) is 3.12. The van der Waals surface area contributed by atoms with Crippen molar-refractivity contribution in [3.05, 3.63) is 65.7 Å². The van der Waals surface area contributed by atoms with Crippen LogP contribution >= 0.6 is 0 Å². The van der Waals surface area contributed by atoms with Crippen LogP contribution in [0, 0.1) is 18.7 Å². The molecule has 206 valence electrons. The molecule has 3 N–H and O–H groups in total. The lowest BCUT2D eigenvalue weighted by atomic mass is 10.0. The smallest absolute Gasteiger partial charge is 0.322 e. The summed E-state index contributed by atoms with van der Waals surface area (Å²) in [6.07, 6.45) is 1.15. The van der Waals surface area contributed by atoms with Crippen molar-refractivity contribution in [1.82, 2.24) is 15.5 Å². The summed E-state index contributed by atoms with van der Waals surface area (Å²) in [4.78, 5) is 53.4. The van der Waals surface area contributed by atoms with E-state index in [2.05, 4.69) is 16.0 Å². The Hall–Kier alpha value is -4.21. The van der Waals surface area contributed by atoms with E-state index in [1.165, 1.54) is 23.1 Å². The normalized spacial score (nSPS) is 16.6. The molecule has 1 fully saturated rings. The molecule has 9 nitrogen and oxygen atoms in total. The van der Waals surface area contributed by atoms with Crippen LogP contribution in [-0.4, -0.2) is 53.7 Å². The monoisotopic (exact) mass is 536 g/mol. The number of para-hydroxylation sites is 2. The number of likely N-dealkylation sites (tertiary alicyclic amines) is 1. The van der Waals surface area contributed by atoms with Crippen LogP contribution in [0.4, 0.5) is 14.9 Å². The number of rotatable bonds is 7. The van der Waals surface area contributed by atoms with Crippen molar-refractivity contribution in [2.24, 2.45) is 5.92 Å². The Morgan fingerprint density at radius 1 is 1.10 bits per heavy atom. The Balaban J connectivity index is 1.41. The van der Waals surface area contributed by atoms with E-state index >= 15 is 0 Å². The topological polar surface area (TPSA) is 121 Å². The van der Waals surface area contributed by atoms with Gasteiger partial charge in [-0.05, 0) is 50.3 Å². The molecule has 1 aliphatic rings. The molecule has 0 bridgehead atoms. The number of fused-ring (bicyclic) bond motifs is 1. The quantitative estimate of drug-likeness (QED) is 0.413. The number of furan rings is 1. The maximum absolute atomic E-state index is 13.9. The van der Waals surface area contributed by atoms with Crippen molar-refractivity contribution in [1.29, 1.82) is 0 Å². The van der Waals surface area contributed by atoms with Crippen molar-refractivity contribution in [3.8, 4) is 0 Å². The minimum atomic E-state index is -0.887. The number of carbonyl (C=O) groups is 4. The van der Waals surface area contributed by atoms with Crippen molar-refractivity contribution >= 4 is 40.3 Å². The molecule has 1 aromatic heterocycles. The molecular weight excluding hydrogens is 503 g/mol. The van der Waals surface area contributed by atoms with E-state index in [-0.39, 0.29) is 36.2 Å². The Bertz CT molecular complexity index is 1390. The maximum Gasteiger partial charge on any atom is 0.322 e. The lowest BCUT2D eigenvalue weighted by molar-refractivity contribution is -0.129. The highest BCUT2D eigenvalue weighted by molar-refractivity contribution is 6.01. The fourth-order valence-electron chi connectivity index (χ4n) is 4.70. The minimum Gasteiger partial charge on any atom is -0.451 e. The van der Waals surface area contributed by atoms with E-state index in [0.29, 0.717) is 30.4 Å². The number of aryl methyl sites for hydroxylation is 1. The third-order valence-electron chi connectivity index (χ3n) is 6.75. The molecule has 2 atom stereocenters. The number of anilines is 1. The molecule has 39 heavy (non-hydrogen) atoms. The van der Waals surface area contributed by atoms with Crippen molar-refractivity contribution in [2.45, 2.75) is 52.1 Å². The lowest BCUT2D eigenvalue weighted by Crippen LogP contribution is -2.52. The maximum atomic E-state index is 13.9. The third kappa shape index (κ3) is 6.63. The van der Waals surface area contributed by atoms with E-state index in [1.54, 1.807) is 19.1 Å². The van der Waals surface area contributed by atoms with Gasteiger partial charge < -0.3 is 25.3 Å². The van der Waals surface area contributed by atoms with Gasteiger partial charge in [0.1, 0.15) is 17.4 Å². The fraction of sp³-hybridized carbons (Fsp3) is 0.379. The number of Topliss-reactive ketones (excluding diaryl/α,β-unsaturated/α-hetero) is 1. The molecule has 0 aliphatic carbocycles. The summed E-state index contributed by atoms with van der Waals surface area (Å²) in [6, 6.07) is 10.8. The van der Waals surface area contributed by atoms with Crippen LogP contribution in [0.1, 0.15) is 49.2 Å². The number of carbonyl (C=O) groups excluding carboxylic acids is 4. The molecule has 2 aromatic carbocycles. The van der Waals surface area contributed by atoms with Crippen molar-refractivity contribution in [3.63, 3.8) is 0 Å². The van der Waals surface area contributed by atoms with Crippen molar-refractivity contribution in [2.75, 3.05) is 18.4 Å². The molecule has 3 aromatic rings. The van der Waals surface area contributed by atoms with Gasteiger partial charge in [-0.25, -0.2) is 9.18 Å². The zero-order valence-electron chi connectivity index (χ0n) is 22.3. The van der Waals surface area contributed by atoms with E-state index in [4.69, 9.17) is 4.42 Å². The largest absolute Gasteiger partial charge is 0.451 e. The Labute approximate surface area is 226 Å². The van der Waals surface area contributed by atoms with Gasteiger partial charge in [0.05, 0.1) is 18.3 Å². The van der Waals surface area contributed by atoms with Crippen LogP contribution < -0.4 is 16.0 Å². The second-order valence-corrected chi connectivity index (χ2v) is 10.2. The first kappa shape index (κ1) is 27.8. The van der Waals surface area contributed by atoms with E-state index in [9.17, 15) is 23.6 Å². The summed E-state index contributed by atoms with van der Waals surface area (Å²) in [5, 5.41) is 8.87. The molecule has 2 heterocycles. The van der Waals surface area contributed by atoms with Gasteiger partial charge in [0.2, 0.25) is 5.91 Å². The molecule has 10 heteroatoms. The van der Waals surface area contributed by atoms with Crippen LogP contribution in [0.2, 0.25) is 0 Å². The second-order valence-electron chi connectivity index (χ2n) is 10.2. The van der Waals surface area contributed by atoms with Gasteiger partial charge in [-0.1, -0.05) is 44.2 Å². The van der Waals surface area contributed by atoms with Gasteiger partial charge in [-0.15, -0.1) is 0 Å². The summed E-state index contributed by atoms with van der Waals surface area (Å²) in [6.45, 7) is 5.69. The van der Waals surface area contributed by atoms with Gasteiger partial charge in [-0.3, -0.25) is 14.4 Å². The first-order chi connectivity index (χ1) is 18.6. The van der Waals surface area contributed by atoms with Crippen LogP contribution in [0.25, 0.3) is 11.0 Å². The summed E-state index contributed by atoms with van der Waals surface area (Å²) >= 11 is 0. The molecule has 0 saturated carbocycles. The minimum absolute atomic E-state index is 0.0241. The number of amides is 4. The molecule has 4 rings (SSSR count). The second kappa shape index (κ2) is 12.1. The number of ketones is 1. The summed E-state index contributed by atoms with van der Waals surface area (Å²) < 4.78 is 19.7. The number of halogens is 1. The Morgan fingerprint density at radius 3 is 2.54 bits per heavy atom. The fourth-order valence-corrected chi connectivity index (χ4v) is 4.70. The first-order valence-electron chi connectivity index (χ1n) is 13.1. The SMILES string of the molecule is Cc1c(C(=O)NC(CC(C)C)C(=O)N[C@H]2CCCN(C(=O)Nc3ccccc3F)CC2=O)oc2ccccc12. The summed E-state index contributed by atoms with van der Waals surface area (Å²) in [7, 11) is 0. The predicted molar refractivity (Wildman–Crippen MR) is 145 cm³/mol. The van der Waals surface area contributed by atoms with E-state index < -0.39 is 35.7 Å². The summed E-state index contributed by atoms with van der Waals surface area (Å²) in [5.41, 5.74) is 1.29. The zero-order valence-corrected chi connectivity index (χ0v) is 22.3. The number of benzene rings is 2. The number of urea groups is 1. The molecule has 0 spiro atoms. The first-order valence-corrected chi connectivity index (χ1v) is 13.1. The van der Waals surface area contributed by atoms with Crippen molar-refractivity contribution < 1.29 is 28.0 Å². The molecule has 0 radical (unpaired) electrons. The number of nitrogens with one attached hydrogen (secondary N) is 3. The van der Waals surface area contributed by atoms with Crippen LogP contribution in [0.15, 0.2) is 52.9 Å². The van der Waals surface area contributed by atoms with Crippen LogP contribution in [-0.2, 0) is 9.59 Å². The molecule has 1 saturated heterocycles. The lowest BCUT2D eigenvalue weighted by Gasteiger charge is -2.23. The molecule has 4 amide bonds. The number of hydrogen-bond donors (Lipinski definition) is 3. The Morgan fingerprint density at radius 2 is 1.82 bits per heavy atom. The van der Waals surface area contributed by atoms with Gasteiger partial charge in [-0.2, -0.15) is 0 Å². The van der Waals surface area contributed by atoms with Gasteiger partial charge in [0.15, 0.2) is 11.5 Å². The van der Waals surface area contributed by atoms with E-state index in [1.807, 2.05) is 32.0 Å². The standard InChI is InChI=1S/C29H33FN4O5/c1-17(2)15-23(32-28(37)26-18(3)19-9-4-7-13-25(19)39-26)27(36)31-22-12-8-14-34(16-24(22)35)29(38)33-21-11-6-5-10-20(21)30/h4-7,9-11,13,17,22-23H,8,12,14-16H2,1-3H3,(H,31,36)(H,32,37)(H,33,38)/t22-,23?/m0/s1. The van der Waals surface area contributed by atoms with E-state index in [0.717, 1.165) is 5.39 Å². The third-order valence-corrected chi connectivity index (χ3v) is 6.75. The van der Waals surface area contributed by atoms with Gasteiger partial charge in [0, 0.05) is 17.5 Å². The molecular formula is C29H33FN4O5. The molecule has 1 unspecified atom stereocenters. The predicted octanol–water partition coefficient (Wildman–Crippen LogP) is 4.41. The Kier molecular flexibility index (Phi) is 8.63. The van der Waals surface area contributed by atoms with Crippen LogP contribution in [0.3, 0.4) is 0 Å². The highest BCUT2D eigenvalue weighted by Crippen LogP contribution is 2.25. The van der Waals surface area contributed by atoms with Gasteiger partial charge in [0.25, 0.3) is 5.91 Å². The van der Waals surface area contributed by atoms with Gasteiger partial charge >= 0.3 is 6.03 Å². The highest BCUT2D eigenvalue weighted by Gasteiger charge is 2.32. The zero-order chi connectivity index (χ0) is 28.1. The number of hydrogen-bond acceptors (Lipinski definition) is 5. The average molecular weight is 537 g/mol. The summed E-state index contributed by atoms with van der Waals surface area (Å²) in [5.74, 6) is -1.68. The van der Waals surface area contributed by atoms with Crippen LogP contribution in [0.5, 0.6) is 0 Å².